The highest BCUT2D eigenvalue weighted by molar-refractivity contribution is 5.94. The lowest BCUT2D eigenvalue weighted by molar-refractivity contribution is 0.0687. The van der Waals surface area contributed by atoms with Crippen molar-refractivity contribution in [2.24, 2.45) is 0 Å². The van der Waals surface area contributed by atoms with Crippen molar-refractivity contribution in [2.45, 2.75) is 13.0 Å². The zero-order chi connectivity index (χ0) is 13.1. The van der Waals surface area contributed by atoms with Crippen molar-refractivity contribution >= 4 is 5.91 Å². The van der Waals surface area contributed by atoms with E-state index in [2.05, 4.69) is 11.4 Å². The molecule has 1 saturated heterocycles. The van der Waals surface area contributed by atoms with E-state index in [-0.39, 0.29) is 11.7 Å². The predicted molar refractivity (Wildman–Crippen MR) is 64.4 cm³/mol. The van der Waals surface area contributed by atoms with E-state index < -0.39 is 6.04 Å². The Kier molecular flexibility index (Phi) is 3.58. The number of hydrogen-bond acceptors (Lipinski definition) is 3. The normalized spacial score (nSPS) is 19.4. The Morgan fingerprint density at radius 3 is 3.06 bits per heavy atom. The van der Waals surface area contributed by atoms with Gasteiger partial charge in [0.15, 0.2) is 0 Å². The molecule has 0 bridgehead atoms. The van der Waals surface area contributed by atoms with Crippen LogP contribution in [0.4, 0.5) is 4.39 Å². The first-order chi connectivity index (χ1) is 8.63. The van der Waals surface area contributed by atoms with Crippen LogP contribution in [0.2, 0.25) is 0 Å². The number of nitrogens with one attached hydrogen (secondary N) is 1. The molecule has 0 spiro atoms. The van der Waals surface area contributed by atoms with Crippen LogP contribution in [0.5, 0.6) is 0 Å². The number of carbonyl (C=O) groups is 1. The standard InChI is InChI=1S/C13H14FN3O/c1-9-6-10(2-3-12(9)14)13(18)17-5-4-16-8-11(17)7-15/h2-3,6,11,16H,4-5,8H2,1H3. The summed E-state index contributed by atoms with van der Waals surface area (Å²) in [4.78, 5) is 13.8. The molecule has 0 radical (unpaired) electrons. The van der Waals surface area contributed by atoms with E-state index in [4.69, 9.17) is 5.26 Å². The molecule has 1 aliphatic heterocycles. The summed E-state index contributed by atoms with van der Waals surface area (Å²) in [5.41, 5.74) is 0.862. The predicted octanol–water partition coefficient (Wildman–Crippen LogP) is 1.07. The molecule has 18 heavy (non-hydrogen) atoms. The molecule has 4 nitrogen and oxygen atoms in total. The number of carbonyl (C=O) groups excluding carboxylic acids is 1. The van der Waals surface area contributed by atoms with Gasteiger partial charge in [0.25, 0.3) is 5.91 Å². The zero-order valence-corrected chi connectivity index (χ0v) is 10.1. The fourth-order valence-corrected chi connectivity index (χ4v) is 2.01. The summed E-state index contributed by atoms with van der Waals surface area (Å²) in [6.07, 6.45) is 0. The van der Waals surface area contributed by atoms with E-state index in [1.807, 2.05) is 0 Å². The lowest BCUT2D eigenvalue weighted by Gasteiger charge is -2.32. The van der Waals surface area contributed by atoms with Crippen LogP contribution < -0.4 is 5.32 Å². The van der Waals surface area contributed by atoms with E-state index in [0.29, 0.717) is 30.8 Å². The molecular weight excluding hydrogens is 233 g/mol. The molecule has 1 amide bonds. The average molecular weight is 247 g/mol. The van der Waals surface area contributed by atoms with Crippen LogP contribution in [0, 0.1) is 24.1 Å². The minimum Gasteiger partial charge on any atom is -0.320 e. The van der Waals surface area contributed by atoms with Crippen LogP contribution in [-0.2, 0) is 0 Å². The minimum absolute atomic E-state index is 0.217. The van der Waals surface area contributed by atoms with E-state index in [1.165, 1.54) is 23.1 Å². The molecule has 1 aliphatic rings. The van der Waals surface area contributed by atoms with Crippen molar-refractivity contribution in [2.75, 3.05) is 19.6 Å². The van der Waals surface area contributed by atoms with Crippen LogP contribution in [0.3, 0.4) is 0 Å². The summed E-state index contributed by atoms with van der Waals surface area (Å²) in [6, 6.07) is 5.90. The maximum absolute atomic E-state index is 13.2. The Bertz CT molecular complexity index is 509. The smallest absolute Gasteiger partial charge is 0.255 e. The zero-order valence-electron chi connectivity index (χ0n) is 10.1. The third-order valence-corrected chi connectivity index (χ3v) is 3.06. The van der Waals surface area contributed by atoms with Crippen LogP contribution in [0.15, 0.2) is 18.2 Å². The third kappa shape index (κ3) is 2.34. The number of nitrogens with zero attached hydrogens (tertiary/aromatic N) is 2. The second kappa shape index (κ2) is 5.15. The van der Waals surface area contributed by atoms with Crippen molar-refractivity contribution in [1.82, 2.24) is 10.2 Å². The largest absolute Gasteiger partial charge is 0.320 e. The van der Waals surface area contributed by atoms with Gasteiger partial charge >= 0.3 is 0 Å². The van der Waals surface area contributed by atoms with Crippen molar-refractivity contribution in [3.63, 3.8) is 0 Å². The van der Waals surface area contributed by atoms with Gasteiger partial charge in [-0.05, 0) is 30.7 Å². The summed E-state index contributed by atoms with van der Waals surface area (Å²) >= 11 is 0. The van der Waals surface area contributed by atoms with Gasteiger partial charge in [0.05, 0.1) is 6.07 Å². The lowest BCUT2D eigenvalue weighted by atomic mass is 10.1. The average Bonchev–Trinajstić information content (AvgIpc) is 2.41. The van der Waals surface area contributed by atoms with Gasteiger partial charge in [-0.1, -0.05) is 0 Å². The first-order valence-corrected chi connectivity index (χ1v) is 5.81. The summed E-state index contributed by atoms with van der Waals surface area (Å²) < 4.78 is 13.2. The Balaban J connectivity index is 2.24. The van der Waals surface area contributed by atoms with Crippen LogP contribution in [0.25, 0.3) is 0 Å². The third-order valence-electron chi connectivity index (χ3n) is 3.06. The van der Waals surface area contributed by atoms with Crippen molar-refractivity contribution < 1.29 is 9.18 Å². The highest BCUT2D eigenvalue weighted by Gasteiger charge is 2.27. The SMILES string of the molecule is Cc1cc(C(=O)N2CCNCC2C#N)ccc1F. The number of halogens is 1. The number of amides is 1. The second-order valence-corrected chi connectivity index (χ2v) is 4.31. The lowest BCUT2D eigenvalue weighted by Crippen LogP contribution is -2.53. The van der Waals surface area contributed by atoms with Gasteiger partial charge in [0.1, 0.15) is 11.9 Å². The molecule has 94 valence electrons. The van der Waals surface area contributed by atoms with Gasteiger partial charge in [0, 0.05) is 25.2 Å². The maximum atomic E-state index is 13.2. The van der Waals surface area contributed by atoms with Crippen LogP contribution in [0.1, 0.15) is 15.9 Å². The highest BCUT2D eigenvalue weighted by Crippen LogP contribution is 2.14. The number of benzene rings is 1. The number of hydrogen-bond donors (Lipinski definition) is 1. The van der Waals surface area contributed by atoms with Crippen molar-refractivity contribution in [3.05, 3.63) is 35.1 Å². The number of piperazine rings is 1. The summed E-state index contributed by atoms with van der Waals surface area (Å²) in [6.45, 7) is 3.26. The van der Waals surface area contributed by atoms with Gasteiger partial charge in [-0.2, -0.15) is 5.26 Å². The molecule has 5 heteroatoms. The fraction of sp³-hybridized carbons (Fsp3) is 0.385. The van der Waals surface area contributed by atoms with Crippen LogP contribution >= 0.6 is 0 Å². The van der Waals surface area contributed by atoms with Gasteiger partial charge in [-0.25, -0.2) is 4.39 Å². The van der Waals surface area contributed by atoms with Gasteiger partial charge in [0.2, 0.25) is 0 Å². The Labute approximate surface area is 105 Å². The van der Waals surface area contributed by atoms with Gasteiger partial charge < -0.3 is 10.2 Å². The number of nitriles is 1. The molecule has 1 atom stereocenters. The van der Waals surface area contributed by atoms with Crippen molar-refractivity contribution in [1.29, 1.82) is 5.26 Å². The maximum Gasteiger partial charge on any atom is 0.255 e. The Morgan fingerprint density at radius 2 is 2.39 bits per heavy atom. The first-order valence-electron chi connectivity index (χ1n) is 5.81. The fourth-order valence-electron chi connectivity index (χ4n) is 2.01. The van der Waals surface area contributed by atoms with E-state index in [0.717, 1.165) is 0 Å². The molecule has 0 aromatic heterocycles. The monoisotopic (exact) mass is 247 g/mol. The van der Waals surface area contributed by atoms with Gasteiger partial charge in [-0.15, -0.1) is 0 Å². The van der Waals surface area contributed by atoms with E-state index >= 15 is 0 Å². The molecule has 0 saturated carbocycles. The molecule has 1 aromatic rings. The number of rotatable bonds is 1. The summed E-state index contributed by atoms with van der Waals surface area (Å²) in [7, 11) is 0. The summed E-state index contributed by atoms with van der Waals surface area (Å²) in [5.74, 6) is -0.546. The Hall–Kier alpha value is -1.93. The van der Waals surface area contributed by atoms with Crippen molar-refractivity contribution in [3.8, 4) is 6.07 Å². The van der Waals surface area contributed by atoms with E-state index in [1.54, 1.807) is 6.92 Å². The molecular formula is C13H14FN3O. The number of aryl methyl sites for hydroxylation is 1. The van der Waals surface area contributed by atoms with Gasteiger partial charge in [-0.3, -0.25) is 4.79 Å². The summed E-state index contributed by atoms with van der Waals surface area (Å²) in [5, 5.41) is 12.1. The molecule has 0 aliphatic carbocycles. The molecule has 1 aromatic carbocycles. The van der Waals surface area contributed by atoms with Crippen LogP contribution in [-0.4, -0.2) is 36.5 Å². The molecule has 2 rings (SSSR count). The Morgan fingerprint density at radius 1 is 1.61 bits per heavy atom. The molecule has 1 fully saturated rings. The topological polar surface area (TPSA) is 56.1 Å². The first kappa shape index (κ1) is 12.5. The minimum atomic E-state index is -0.461. The molecule has 1 heterocycles. The molecule has 1 unspecified atom stereocenters. The quantitative estimate of drug-likeness (QED) is 0.807. The molecule has 1 N–H and O–H groups in total. The highest BCUT2D eigenvalue weighted by atomic mass is 19.1. The van der Waals surface area contributed by atoms with E-state index in [9.17, 15) is 9.18 Å². The second-order valence-electron chi connectivity index (χ2n) is 4.31.